The van der Waals surface area contributed by atoms with Gasteiger partial charge in [-0.05, 0) is 48.1 Å². The highest BCUT2D eigenvalue weighted by atomic mass is 32.1. The lowest BCUT2D eigenvalue weighted by Gasteiger charge is -2.03. The monoisotopic (exact) mass is 226 g/mol. The molecule has 0 N–H and O–H groups in total. The molecule has 3 heteroatoms. The molecule has 0 fully saturated rings. The number of hydrogen-bond acceptors (Lipinski definition) is 3. The van der Waals surface area contributed by atoms with Crippen molar-refractivity contribution in [2.24, 2.45) is 0 Å². The molecule has 0 aromatic carbocycles. The van der Waals surface area contributed by atoms with Crippen molar-refractivity contribution in [3.63, 3.8) is 0 Å². The lowest BCUT2D eigenvalue weighted by molar-refractivity contribution is -0.143. The minimum absolute atomic E-state index is 0.0620. The third-order valence-electron chi connectivity index (χ3n) is 2.16. The van der Waals surface area contributed by atoms with Gasteiger partial charge in [-0.25, -0.2) is 0 Å². The normalized spacial score (nSPS) is 10.2. The summed E-state index contributed by atoms with van der Waals surface area (Å²) in [6, 6.07) is 2.15. The van der Waals surface area contributed by atoms with Crippen LogP contribution in [0.5, 0.6) is 0 Å². The Morgan fingerprint density at radius 1 is 1.47 bits per heavy atom. The number of esters is 1. The van der Waals surface area contributed by atoms with Gasteiger partial charge >= 0.3 is 5.97 Å². The molecule has 0 atom stereocenters. The molecule has 0 aliphatic carbocycles. The molecule has 1 aromatic heterocycles. The fraction of sp³-hybridized carbons (Fsp3) is 0.583. The number of aryl methyl sites for hydroxylation is 1. The van der Waals surface area contributed by atoms with E-state index in [0.717, 1.165) is 25.7 Å². The van der Waals surface area contributed by atoms with E-state index in [2.05, 4.69) is 16.8 Å². The zero-order valence-electron chi connectivity index (χ0n) is 9.20. The molecule has 1 aromatic rings. The Balaban J connectivity index is 1.95. The predicted molar refractivity (Wildman–Crippen MR) is 63.1 cm³/mol. The van der Waals surface area contributed by atoms with Crippen LogP contribution >= 0.6 is 11.3 Å². The zero-order chi connectivity index (χ0) is 10.9. The topological polar surface area (TPSA) is 26.3 Å². The highest BCUT2D eigenvalue weighted by Gasteiger charge is 2.00. The average Bonchev–Trinajstić information content (AvgIpc) is 2.70. The van der Waals surface area contributed by atoms with Crippen LogP contribution in [0.1, 0.15) is 38.2 Å². The van der Waals surface area contributed by atoms with Crippen LogP contribution in [0.2, 0.25) is 0 Å². The van der Waals surface area contributed by atoms with Crippen molar-refractivity contribution in [3.8, 4) is 0 Å². The van der Waals surface area contributed by atoms with Crippen LogP contribution in [0.4, 0.5) is 0 Å². The van der Waals surface area contributed by atoms with Crippen molar-refractivity contribution in [1.29, 1.82) is 0 Å². The van der Waals surface area contributed by atoms with Crippen LogP contribution in [0.3, 0.4) is 0 Å². The maximum Gasteiger partial charge on any atom is 0.305 e. The lowest BCUT2D eigenvalue weighted by atomic mass is 10.1. The first-order chi connectivity index (χ1) is 7.33. The van der Waals surface area contributed by atoms with Crippen molar-refractivity contribution >= 4 is 17.3 Å². The molecule has 1 rings (SSSR count). The van der Waals surface area contributed by atoms with Gasteiger partial charge in [0.25, 0.3) is 0 Å². The molecule has 15 heavy (non-hydrogen) atoms. The third kappa shape index (κ3) is 5.57. The fourth-order valence-electron chi connectivity index (χ4n) is 1.33. The quantitative estimate of drug-likeness (QED) is 0.526. The number of ether oxygens (including phenoxy) is 1. The van der Waals surface area contributed by atoms with Gasteiger partial charge in [0.2, 0.25) is 0 Å². The van der Waals surface area contributed by atoms with E-state index in [1.807, 2.05) is 6.92 Å². The minimum Gasteiger partial charge on any atom is -0.466 e. The first-order valence-electron chi connectivity index (χ1n) is 5.49. The fourth-order valence-corrected chi connectivity index (χ4v) is 2.03. The number of unbranched alkanes of at least 4 members (excludes halogenated alkanes) is 1. The summed E-state index contributed by atoms with van der Waals surface area (Å²) in [7, 11) is 0. The number of rotatable bonds is 7. The van der Waals surface area contributed by atoms with Gasteiger partial charge in [-0.15, -0.1) is 0 Å². The van der Waals surface area contributed by atoms with Crippen molar-refractivity contribution in [2.45, 2.75) is 39.0 Å². The van der Waals surface area contributed by atoms with E-state index in [1.165, 1.54) is 5.56 Å². The SMILES string of the molecule is CCCC(=O)OCCCCc1ccsc1. The second-order valence-electron chi connectivity index (χ2n) is 3.56. The van der Waals surface area contributed by atoms with E-state index in [-0.39, 0.29) is 5.97 Å². The van der Waals surface area contributed by atoms with Gasteiger partial charge in [0, 0.05) is 6.42 Å². The van der Waals surface area contributed by atoms with E-state index in [9.17, 15) is 4.79 Å². The van der Waals surface area contributed by atoms with Gasteiger partial charge in [-0.2, -0.15) is 11.3 Å². The molecule has 2 nitrogen and oxygen atoms in total. The maximum absolute atomic E-state index is 11.0. The van der Waals surface area contributed by atoms with E-state index in [0.29, 0.717) is 13.0 Å². The highest BCUT2D eigenvalue weighted by Crippen LogP contribution is 2.09. The van der Waals surface area contributed by atoms with Gasteiger partial charge in [0.15, 0.2) is 0 Å². The molecule has 0 saturated heterocycles. The standard InChI is InChI=1S/C12H18O2S/c1-2-5-12(13)14-8-4-3-6-11-7-9-15-10-11/h7,9-10H,2-6,8H2,1H3. The number of thiophene rings is 1. The van der Waals surface area contributed by atoms with Gasteiger partial charge in [0.05, 0.1) is 6.61 Å². The van der Waals surface area contributed by atoms with Crippen molar-refractivity contribution in [3.05, 3.63) is 22.4 Å². The van der Waals surface area contributed by atoms with E-state index in [1.54, 1.807) is 11.3 Å². The lowest BCUT2D eigenvalue weighted by Crippen LogP contribution is -2.05. The van der Waals surface area contributed by atoms with E-state index >= 15 is 0 Å². The first kappa shape index (κ1) is 12.2. The molecular formula is C12H18O2S. The van der Waals surface area contributed by atoms with Gasteiger partial charge in [0.1, 0.15) is 0 Å². The Hall–Kier alpha value is -0.830. The van der Waals surface area contributed by atoms with Gasteiger partial charge in [-0.3, -0.25) is 4.79 Å². The molecule has 0 bridgehead atoms. The summed E-state index contributed by atoms with van der Waals surface area (Å²) in [5, 5.41) is 4.26. The van der Waals surface area contributed by atoms with Crippen molar-refractivity contribution < 1.29 is 9.53 Å². The van der Waals surface area contributed by atoms with Crippen molar-refractivity contribution in [2.75, 3.05) is 6.61 Å². The smallest absolute Gasteiger partial charge is 0.305 e. The molecule has 1 heterocycles. The number of carbonyl (C=O) groups is 1. The second-order valence-corrected chi connectivity index (χ2v) is 4.34. The summed E-state index contributed by atoms with van der Waals surface area (Å²) in [6.07, 6.45) is 4.56. The first-order valence-corrected chi connectivity index (χ1v) is 6.44. The largest absolute Gasteiger partial charge is 0.466 e. The minimum atomic E-state index is -0.0620. The Kier molecular flexibility index (Phi) is 6.09. The molecule has 0 aliphatic rings. The predicted octanol–water partition coefficient (Wildman–Crippen LogP) is 3.41. The van der Waals surface area contributed by atoms with Crippen LogP contribution in [0, 0.1) is 0 Å². The summed E-state index contributed by atoms with van der Waals surface area (Å²) in [5.74, 6) is -0.0620. The van der Waals surface area contributed by atoms with Crippen LogP contribution in [0.25, 0.3) is 0 Å². The van der Waals surface area contributed by atoms with Crippen LogP contribution in [0.15, 0.2) is 16.8 Å². The van der Waals surface area contributed by atoms with Gasteiger partial charge in [-0.1, -0.05) is 6.92 Å². The zero-order valence-corrected chi connectivity index (χ0v) is 10.0. The molecule has 0 radical (unpaired) electrons. The Morgan fingerprint density at radius 2 is 2.33 bits per heavy atom. The second kappa shape index (κ2) is 7.46. The van der Waals surface area contributed by atoms with E-state index < -0.39 is 0 Å². The van der Waals surface area contributed by atoms with Crippen LogP contribution in [-0.4, -0.2) is 12.6 Å². The third-order valence-corrected chi connectivity index (χ3v) is 2.89. The van der Waals surface area contributed by atoms with E-state index in [4.69, 9.17) is 4.74 Å². The maximum atomic E-state index is 11.0. The van der Waals surface area contributed by atoms with Crippen LogP contribution < -0.4 is 0 Å². The Morgan fingerprint density at radius 3 is 3.00 bits per heavy atom. The molecule has 0 amide bonds. The molecule has 0 saturated carbocycles. The Labute approximate surface area is 95.3 Å². The summed E-state index contributed by atoms with van der Waals surface area (Å²) in [6.45, 7) is 2.56. The highest BCUT2D eigenvalue weighted by molar-refractivity contribution is 7.07. The van der Waals surface area contributed by atoms with Crippen molar-refractivity contribution in [1.82, 2.24) is 0 Å². The molecule has 84 valence electrons. The average molecular weight is 226 g/mol. The van der Waals surface area contributed by atoms with Gasteiger partial charge < -0.3 is 4.74 Å². The molecule has 0 unspecified atom stereocenters. The number of hydrogen-bond donors (Lipinski definition) is 0. The number of carbonyl (C=O) groups excluding carboxylic acids is 1. The molecule has 0 aliphatic heterocycles. The van der Waals surface area contributed by atoms with Crippen LogP contribution in [-0.2, 0) is 16.0 Å². The molecular weight excluding hydrogens is 208 g/mol. The summed E-state index contributed by atoms with van der Waals surface area (Å²) < 4.78 is 5.07. The summed E-state index contributed by atoms with van der Waals surface area (Å²) in [4.78, 5) is 11.0. The summed E-state index contributed by atoms with van der Waals surface area (Å²) >= 11 is 1.73. The molecule has 0 spiro atoms. The Bertz CT molecular complexity index is 267. The summed E-state index contributed by atoms with van der Waals surface area (Å²) in [5.41, 5.74) is 1.39.